The highest BCUT2D eigenvalue weighted by Gasteiger charge is 2.36. The highest BCUT2D eigenvalue weighted by atomic mass is 19.4. The van der Waals surface area contributed by atoms with Gasteiger partial charge in [0, 0.05) is 18.6 Å². The first kappa shape index (κ1) is 27.8. The van der Waals surface area contributed by atoms with Crippen molar-refractivity contribution in [2.24, 2.45) is 0 Å². The van der Waals surface area contributed by atoms with Crippen molar-refractivity contribution in [3.63, 3.8) is 0 Å². The second-order valence-electron chi connectivity index (χ2n) is 7.37. The summed E-state index contributed by atoms with van der Waals surface area (Å²) < 4.78 is 88.4. The number of allylic oxidation sites excluding steroid dienone is 1. The number of hydrogen-bond donors (Lipinski definition) is 1. The predicted molar refractivity (Wildman–Crippen MR) is 116 cm³/mol. The number of carbonyl (C=O) groups is 1. The van der Waals surface area contributed by atoms with E-state index in [0.717, 1.165) is 5.56 Å². The second-order valence-corrected chi connectivity index (χ2v) is 7.37. The van der Waals surface area contributed by atoms with E-state index in [1.807, 2.05) is 0 Å². The smallest absolute Gasteiger partial charge is 0.416 e. The van der Waals surface area contributed by atoms with Crippen molar-refractivity contribution in [1.29, 1.82) is 0 Å². The summed E-state index contributed by atoms with van der Waals surface area (Å²) in [4.78, 5) is 11.2. The molecule has 0 fully saturated rings. The first-order chi connectivity index (χ1) is 16.3. The van der Waals surface area contributed by atoms with E-state index >= 15 is 0 Å². The lowest BCUT2D eigenvalue weighted by Gasteiger charge is -2.12. The standard InChI is InChI=1S/C25H22F6O4/c1-3-34-22(23(32)33)14-17-6-8-21(9-7-17)35-11-10-16(2)4-5-18-12-19(24(26,27)28)15-20(13-18)25(29,30)31/h6-10,12-13,15,22H,3,11,14H2,1-2H3,(H,32,33). The van der Waals surface area contributed by atoms with Gasteiger partial charge < -0.3 is 14.6 Å². The number of rotatable bonds is 8. The highest BCUT2D eigenvalue weighted by Crippen LogP contribution is 2.36. The van der Waals surface area contributed by atoms with E-state index in [1.165, 1.54) is 13.0 Å². The quantitative estimate of drug-likeness (QED) is 0.350. The van der Waals surface area contributed by atoms with Gasteiger partial charge in [0.15, 0.2) is 6.10 Å². The Morgan fingerprint density at radius 1 is 1.03 bits per heavy atom. The highest BCUT2D eigenvalue weighted by molar-refractivity contribution is 5.72. The van der Waals surface area contributed by atoms with E-state index in [-0.39, 0.29) is 25.7 Å². The van der Waals surface area contributed by atoms with Crippen LogP contribution in [0.2, 0.25) is 0 Å². The van der Waals surface area contributed by atoms with Crippen LogP contribution in [0.25, 0.3) is 0 Å². The van der Waals surface area contributed by atoms with Gasteiger partial charge in [0.1, 0.15) is 12.4 Å². The van der Waals surface area contributed by atoms with E-state index in [0.29, 0.717) is 23.5 Å². The van der Waals surface area contributed by atoms with Crippen LogP contribution in [0, 0.1) is 11.8 Å². The molecule has 35 heavy (non-hydrogen) atoms. The molecule has 1 unspecified atom stereocenters. The third-order valence-corrected chi connectivity index (χ3v) is 4.62. The average Bonchev–Trinajstić information content (AvgIpc) is 2.77. The van der Waals surface area contributed by atoms with Gasteiger partial charge in [0.25, 0.3) is 0 Å². The Kier molecular flexibility index (Phi) is 9.37. The molecule has 0 saturated carbocycles. The molecule has 10 heteroatoms. The van der Waals surface area contributed by atoms with Crippen LogP contribution >= 0.6 is 0 Å². The molecule has 2 aromatic carbocycles. The van der Waals surface area contributed by atoms with Gasteiger partial charge in [0.05, 0.1) is 11.1 Å². The number of alkyl halides is 6. The van der Waals surface area contributed by atoms with Gasteiger partial charge in [-0.2, -0.15) is 26.3 Å². The Morgan fingerprint density at radius 3 is 2.09 bits per heavy atom. The summed E-state index contributed by atoms with van der Waals surface area (Å²) in [6.07, 6.45) is -9.13. The molecule has 2 rings (SSSR count). The van der Waals surface area contributed by atoms with Crippen molar-refractivity contribution < 1.29 is 45.7 Å². The van der Waals surface area contributed by atoms with E-state index in [1.54, 1.807) is 31.2 Å². The van der Waals surface area contributed by atoms with Crippen LogP contribution in [0.1, 0.15) is 36.1 Å². The number of carboxylic acids is 1. The number of benzene rings is 2. The molecule has 4 nitrogen and oxygen atoms in total. The van der Waals surface area contributed by atoms with E-state index in [2.05, 4.69) is 11.8 Å². The number of aliphatic carboxylic acids is 1. The van der Waals surface area contributed by atoms with Crippen LogP contribution < -0.4 is 4.74 Å². The molecule has 0 radical (unpaired) electrons. The maximum atomic E-state index is 12.9. The maximum absolute atomic E-state index is 12.9. The lowest BCUT2D eigenvalue weighted by Crippen LogP contribution is -2.26. The van der Waals surface area contributed by atoms with Gasteiger partial charge in [-0.25, -0.2) is 4.79 Å². The zero-order chi connectivity index (χ0) is 26.2. The third kappa shape index (κ3) is 9.02. The molecule has 0 aliphatic heterocycles. The predicted octanol–water partition coefficient (Wildman–Crippen LogP) is 6.13. The monoisotopic (exact) mass is 500 g/mol. The fourth-order valence-electron chi connectivity index (χ4n) is 2.87. The van der Waals surface area contributed by atoms with Gasteiger partial charge in [-0.05, 0) is 61.4 Å². The van der Waals surface area contributed by atoms with E-state index in [4.69, 9.17) is 14.6 Å². The van der Waals surface area contributed by atoms with Gasteiger partial charge in [-0.1, -0.05) is 24.0 Å². The Hall–Kier alpha value is -3.45. The molecular formula is C25H22F6O4. The minimum atomic E-state index is -4.94. The topological polar surface area (TPSA) is 55.8 Å². The van der Waals surface area contributed by atoms with Crippen molar-refractivity contribution in [1.82, 2.24) is 0 Å². The average molecular weight is 500 g/mol. The number of ether oxygens (including phenoxy) is 2. The first-order valence-electron chi connectivity index (χ1n) is 10.3. The van der Waals surface area contributed by atoms with Crippen molar-refractivity contribution in [2.45, 2.75) is 38.7 Å². The van der Waals surface area contributed by atoms with E-state index < -0.39 is 41.1 Å². The summed E-state index contributed by atoms with van der Waals surface area (Å²) in [5.74, 6) is 4.26. The molecular weight excluding hydrogens is 478 g/mol. The minimum Gasteiger partial charge on any atom is -0.490 e. The van der Waals surface area contributed by atoms with Crippen LogP contribution in [0.15, 0.2) is 54.1 Å². The summed E-state index contributed by atoms with van der Waals surface area (Å²) in [6.45, 7) is 3.56. The van der Waals surface area contributed by atoms with Crippen molar-refractivity contribution in [3.8, 4) is 17.6 Å². The van der Waals surface area contributed by atoms with Gasteiger partial charge >= 0.3 is 18.3 Å². The Morgan fingerprint density at radius 2 is 1.60 bits per heavy atom. The molecule has 0 bridgehead atoms. The molecule has 1 atom stereocenters. The normalized spacial score (nSPS) is 13.1. The van der Waals surface area contributed by atoms with Crippen molar-refractivity contribution >= 4 is 5.97 Å². The summed E-state index contributed by atoms with van der Waals surface area (Å²) in [5.41, 5.74) is -2.16. The SMILES string of the molecule is CCOC(Cc1ccc(OCC=C(C)C#Cc2cc(C(F)(F)F)cc(C(F)(F)F)c2)cc1)C(=O)O. The molecule has 0 aliphatic rings. The number of halogens is 6. The fraction of sp³-hybridized carbons (Fsp3) is 0.320. The zero-order valence-electron chi connectivity index (χ0n) is 18.8. The summed E-state index contributed by atoms with van der Waals surface area (Å²) >= 11 is 0. The van der Waals surface area contributed by atoms with Gasteiger partial charge in [-0.3, -0.25) is 0 Å². The molecule has 1 N–H and O–H groups in total. The minimum absolute atomic E-state index is 0.0473. The van der Waals surface area contributed by atoms with E-state index in [9.17, 15) is 31.1 Å². The third-order valence-electron chi connectivity index (χ3n) is 4.62. The van der Waals surface area contributed by atoms with Gasteiger partial charge in [-0.15, -0.1) is 0 Å². The fourth-order valence-corrected chi connectivity index (χ4v) is 2.87. The molecule has 0 amide bonds. The molecule has 2 aromatic rings. The Bertz CT molecular complexity index is 1070. The molecule has 0 aliphatic carbocycles. The summed E-state index contributed by atoms with van der Waals surface area (Å²) in [5, 5.41) is 9.14. The molecule has 188 valence electrons. The first-order valence-corrected chi connectivity index (χ1v) is 10.3. The van der Waals surface area contributed by atoms with Crippen LogP contribution in [-0.2, 0) is 28.3 Å². The lowest BCUT2D eigenvalue weighted by atomic mass is 10.0. The molecule has 0 heterocycles. The zero-order valence-corrected chi connectivity index (χ0v) is 18.8. The number of carboxylic acid groups (broad SMARTS) is 1. The van der Waals surface area contributed by atoms with Gasteiger partial charge in [0.2, 0.25) is 0 Å². The molecule has 0 aromatic heterocycles. The Labute approximate surface area is 198 Å². The Balaban J connectivity index is 2.05. The summed E-state index contributed by atoms with van der Waals surface area (Å²) in [7, 11) is 0. The van der Waals surface area contributed by atoms with Crippen LogP contribution in [0.4, 0.5) is 26.3 Å². The molecule has 0 saturated heterocycles. The molecule has 0 spiro atoms. The van der Waals surface area contributed by atoms with Crippen molar-refractivity contribution in [3.05, 3.63) is 76.4 Å². The largest absolute Gasteiger partial charge is 0.490 e. The van der Waals surface area contributed by atoms with Crippen LogP contribution in [0.5, 0.6) is 5.75 Å². The lowest BCUT2D eigenvalue weighted by molar-refractivity contribution is -0.150. The summed E-state index contributed by atoms with van der Waals surface area (Å²) in [6, 6.07) is 7.82. The van der Waals surface area contributed by atoms with Crippen LogP contribution in [-0.4, -0.2) is 30.4 Å². The van der Waals surface area contributed by atoms with Crippen molar-refractivity contribution in [2.75, 3.05) is 13.2 Å². The second kappa shape index (κ2) is 11.8. The number of hydrogen-bond acceptors (Lipinski definition) is 3. The maximum Gasteiger partial charge on any atom is 0.416 e. The van der Waals surface area contributed by atoms with Crippen LogP contribution in [0.3, 0.4) is 0 Å².